The molecule has 3 N–H and O–H groups in total. The molecule has 0 saturated carbocycles. The highest BCUT2D eigenvalue weighted by Crippen LogP contribution is 2.37. The summed E-state index contributed by atoms with van der Waals surface area (Å²) in [5.74, 6) is -0.312. The fourth-order valence-electron chi connectivity index (χ4n) is 3.25. The average molecular weight is 439 g/mol. The Labute approximate surface area is 184 Å². The monoisotopic (exact) mass is 438 g/mol. The van der Waals surface area contributed by atoms with Crippen molar-refractivity contribution in [1.29, 1.82) is 0 Å². The Morgan fingerprint density at radius 2 is 1.71 bits per heavy atom. The number of hydrogen-bond acceptors (Lipinski definition) is 5. The Hall–Kier alpha value is -3.26. The lowest BCUT2D eigenvalue weighted by Gasteiger charge is -2.25. The van der Waals surface area contributed by atoms with E-state index in [1.807, 2.05) is 67.6 Å². The predicted octanol–water partition coefficient (Wildman–Crippen LogP) is 3.42. The molecule has 0 bridgehead atoms. The lowest BCUT2D eigenvalue weighted by molar-refractivity contribution is -0.117. The summed E-state index contributed by atoms with van der Waals surface area (Å²) in [5.41, 5.74) is 5.74. The number of aromatic nitrogens is 2. The number of nitrogen functional groups attached to an aromatic ring is 1. The minimum Gasteiger partial charge on any atom is -0.383 e. The highest BCUT2D eigenvalue weighted by molar-refractivity contribution is 8.00. The van der Waals surface area contributed by atoms with E-state index in [2.05, 4.69) is 4.98 Å². The number of benzene rings is 2. The summed E-state index contributed by atoms with van der Waals surface area (Å²) in [6.45, 7) is 2.36. The third kappa shape index (κ3) is 5.08. The van der Waals surface area contributed by atoms with E-state index in [9.17, 15) is 14.4 Å². The smallest absolute Gasteiger partial charge is 0.330 e. The van der Waals surface area contributed by atoms with Crippen molar-refractivity contribution < 1.29 is 4.79 Å². The maximum atomic E-state index is 13.6. The van der Waals surface area contributed by atoms with Crippen molar-refractivity contribution in [2.45, 2.75) is 36.5 Å². The molecule has 162 valence electrons. The van der Waals surface area contributed by atoms with Gasteiger partial charge in [0.15, 0.2) is 5.69 Å². The number of unbranched alkanes of at least 4 members (excludes halogenated alkanes) is 1. The molecule has 0 fully saturated rings. The zero-order chi connectivity index (χ0) is 22.4. The van der Waals surface area contributed by atoms with Crippen LogP contribution in [0.15, 0.2) is 75.1 Å². The zero-order valence-corrected chi connectivity index (χ0v) is 18.4. The molecule has 0 aliphatic heterocycles. The summed E-state index contributed by atoms with van der Waals surface area (Å²) >= 11 is 1.39. The summed E-state index contributed by atoms with van der Waals surface area (Å²) in [4.78, 5) is 42.9. The molecule has 0 aliphatic rings. The van der Waals surface area contributed by atoms with Crippen molar-refractivity contribution in [2.75, 3.05) is 17.7 Å². The predicted molar refractivity (Wildman–Crippen MR) is 126 cm³/mol. The van der Waals surface area contributed by atoms with Gasteiger partial charge in [-0.05, 0) is 24.1 Å². The third-order valence-corrected chi connectivity index (χ3v) is 6.19. The van der Waals surface area contributed by atoms with Crippen LogP contribution in [0.1, 0.15) is 30.6 Å². The van der Waals surface area contributed by atoms with Crippen molar-refractivity contribution in [3.05, 3.63) is 87.1 Å². The van der Waals surface area contributed by atoms with E-state index in [-0.39, 0.29) is 17.4 Å². The number of nitrogens with one attached hydrogen (secondary N) is 1. The van der Waals surface area contributed by atoms with Crippen molar-refractivity contribution in [3.63, 3.8) is 0 Å². The van der Waals surface area contributed by atoms with Crippen LogP contribution in [0.2, 0.25) is 0 Å². The fraction of sp³-hybridized carbons (Fsp3) is 0.261. The molecule has 1 aromatic heterocycles. The second-order valence-corrected chi connectivity index (χ2v) is 8.30. The van der Waals surface area contributed by atoms with Crippen LogP contribution >= 0.6 is 11.8 Å². The molecule has 3 rings (SSSR count). The van der Waals surface area contributed by atoms with Gasteiger partial charge in [0, 0.05) is 18.5 Å². The average Bonchev–Trinajstić information content (AvgIpc) is 2.78. The van der Waals surface area contributed by atoms with E-state index < -0.39 is 16.5 Å². The number of nitrogens with zero attached hydrogens (tertiary/aromatic N) is 2. The first-order chi connectivity index (χ1) is 14.9. The highest BCUT2D eigenvalue weighted by Gasteiger charge is 2.29. The normalized spacial score (nSPS) is 11.8. The van der Waals surface area contributed by atoms with E-state index in [0.717, 1.165) is 23.3 Å². The van der Waals surface area contributed by atoms with E-state index in [4.69, 9.17) is 5.73 Å². The first-order valence-electron chi connectivity index (χ1n) is 10.1. The molecule has 0 unspecified atom stereocenters. The van der Waals surface area contributed by atoms with Gasteiger partial charge in [-0.1, -0.05) is 61.9 Å². The Morgan fingerprint density at radius 1 is 1.10 bits per heavy atom. The SMILES string of the molecule is CCCCn1c(N)c(N(C)C(=O)[C@H](Sc2ccccc2)c2ccccc2)c(=O)[nH]c1=O. The van der Waals surface area contributed by atoms with Gasteiger partial charge in [0.25, 0.3) is 5.56 Å². The molecule has 7 nitrogen and oxygen atoms in total. The molecule has 1 atom stereocenters. The van der Waals surface area contributed by atoms with Crippen LogP contribution in [0.5, 0.6) is 0 Å². The number of nitrogens with two attached hydrogens (primary N) is 1. The van der Waals surface area contributed by atoms with Gasteiger partial charge in [0.2, 0.25) is 5.91 Å². The number of amides is 1. The number of hydrogen-bond donors (Lipinski definition) is 2. The molecule has 0 saturated heterocycles. The van der Waals surface area contributed by atoms with Crippen molar-refractivity contribution in [2.24, 2.45) is 0 Å². The quantitative estimate of drug-likeness (QED) is 0.525. The number of aromatic amines is 1. The first-order valence-corrected chi connectivity index (χ1v) is 11.0. The molecule has 8 heteroatoms. The molecule has 3 aromatic rings. The summed E-state index contributed by atoms with van der Waals surface area (Å²) < 4.78 is 1.31. The number of likely N-dealkylation sites (N-methyl/N-ethyl adjacent to an activating group) is 1. The van der Waals surface area contributed by atoms with Crippen LogP contribution in [0.4, 0.5) is 11.5 Å². The summed E-state index contributed by atoms with van der Waals surface area (Å²) in [6, 6.07) is 19.0. The molecule has 1 amide bonds. The number of carbonyl (C=O) groups is 1. The molecule has 0 aliphatic carbocycles. The molecular formula is C23H26N4O3S. The molecule has 0 spiro atoms. The van der Waals surface area contributed by atoms with E-state index >= 15 is 0 Å². The van der Waals surface area contributed by atoms with Crippen LogP contribution in [0.25, 0.3) is 0 Å². The number of anilines is 2. The Balaban J connectivity index is 2.02. The highest BCUT2D eigenvalue weighted by atomic mass is 32.2. The van der Waals surface area contributed by atoms with E-state index in [1.165, 1.54) is 28.3 Å². The van der Waals surface area contributed by atoms with Gasteiger partial charge in [-0.15, -0.1) is 11.8 Å². The number of H-pyrrole nitrogens is 1. The molecular weight excluding hydrogens is 412 g/mol. The Kier molecular flexibility index (Phi) is 7.36. The van der Waals surface area contributed by atoms with Crippen LogP contribution in [0.3, 0.4) is 0 Å². The Bertz CT molecular complexity index is 1140. The summed E-state index contributed by atoms with van der Waals surface area (Å²) in [7, 11) is 1.51. The van der Waals surface area contributed by atoms with Gasteiger partial charge in [0.05, 0.1) is 0 Å². The molecule has 31 heavy (non-hydrogen) atoms. The van der Waals surface area contributed by atoms with Gasteiger partial charge in [0.1, 0.15) is 11.1 Å². The zero-order valence-electron chi connectivity index (χ0n) is 17.6. The van der Waals surface area contributed by atoms with E-state index in [1.54, 1.807) is 0 Å². The van der Waals surface area contributed by atoms with Gasteiger partial charge >= 0.3 is 5.69 Å². The van der Waals surface area contributed by atoms with Crippen LogP contribution in [0, 0.1) is 0 Å². The van der Waals surface area contributed by atoms with Crippen LogP contribution in [-0.4, -0.2) is 22.5 Å². The molecule has 0 radical (unpaired) electrons. The molecule has 1 heterocycles. The number of carbonyl (C=O) groups excluding carboxylic acids is 1. The van der Waals surface area contributed by atoms with Gasteiger partial charge < -0.3 is 10.6 Å². The van der Waals surface area contributed by atoms with Crippen LogP contribution in [-0.2, 0) is 11.3 Å². The topological polar surface area (TPSA) is 101 Å². The molecule has 2 aromatic carbocycles. The van der Waals surface area contributed by atoms with Gasteiger partial charge in [-0.3, -0.25) is 19.1 Å². The third-order valence-electron chi connectivity index (χ3n) is 4.94. The van der Waals surface area contributed by atoms with Crippen molar-refractivity contribution in [3.8, 4) is 0 Å². The van der Waals surface area contributed by atoms with Crippen LogP contribution < -0.4 is 21.9 Å². The summed E-state index contributed by atoms with van der Waals surface area (Å²) in [6.07, 6.45) is 1.59. The lowest BCUT2D eigenvalue weighted by atomic mass is 10.1. The standard InChI is InChI=1S/C23H26N4O3S/c1-3-4-15-27-20(24)18(21(28)25-23(27)30)26(2)22(29)19(16-11-7-5-8-12-16)31-17-13-9-6-10-14-17/h5-14,19H,3-4,15,24H2,1-2H3,(H,25,28,30)/t19-/m1/s1. The maximum absolute atomic E-state index is 13.6. The van der Waals surface area contributed by atoms with Crippen molar-refractivity contribution in [1.82, 2.24) is 9.55 Å². The van der Waals surface area contributed by atoms with Gasteiger partial charge in [-0.2, -0.15) is 0 Å². The minimum absolute atomic E-state index is 0.00503. The fourth-order valence-corrected chi connectivity index (χ4v) is 4.39. The first kappa shape index (κ1) is 22.4. The second-order valence-electron chi connectivity index (χ2n) is 7.12. The minimum atomic E-state index is -0.678. The largest absolute Gasteiger partial charge is 0.383 e. The van der Waals surface area contributed by atoms with Gasteiger partial charge in [-0.25, -0.2) is 4.79 Å². The lowest BCUT2D eigenvalue weighted by Crippen LogP contribution is -2.40. The van der Waals surface area contributed by atoms with E-state index in [0.29, 0.717) is 6.54 Å². The summed E-state index contributed by atoms with van der Waals surface area (Å²) in [5, 5.41) is -0.594. The second kappa shape index (κ2) is 10.2. The van der Waals surface area contributed by atoms with Crippen molar-refractivity contribution >= 4 is 29.2 Å². The number of rotatable bonds is 8. The maximum Gasteiger partial charge on any atom is 0.330 e. The Morgan fingerprint density at radius 3 is 2.32 bits per heavy atom. The number of thioether (sulfide) groups is 1.